The molecule has 0 saturated carbocycles. The maximum absolute atomic E-state index is 14.7. The fourth-order valence-electron chi connectivity index (χ4n) is 3.55. The van der Waals surface area contributed by atoms with Gasteiger partial charge in [-0.25, -0.2) is 24.2 Å². The highest BCUT2D eigenvalue weighted by Crippen LogP contribution is 2.31. The number of ether oxygens (including phenoxy) is 3. The number of aromatic nitrogens is 2. The lowest BCUT2D eigenvalue weighted by Crippen LogP contribution is -2.42. The van der Waals surface area contributed by atoms with Crippen LogP contribution >= 0.6 is 0 Å². The molecule has 1 aromatic carbocycles. The number of hydrogen-bond acceptors (Lipinski definition) is 8. The van der Waals surface area contributed by atoms with Crippen molar-refractivity contribution in [3.63, 3.8) is 0 Å². The molecule has 0 bridgehead atoms. The normalized spacial score (nSPS) is 14.1. The predicted molar refractivity (Wildman–Crippen MR) is 124 cm³/mol. The van der Waals surface area contributed by atoms with Gasteiger partial charge in [0.2, 0.25) is 11.8 Å². The second kappa shape index (κ2) is 11.8. The Labute approximate surface area is 203 Å². The molecule has 1 aromatic heterocycles. The molecule has 2 aromatic rings. The van der Waals surface area contributed by atoms with Crippen LogP contribution in [0.15, 0.2) is 24.5 Å². The van der Waals surface area contributed by atoms with Crippen molar-refractivity contribution in [1.29, 1.82) is 0 Å². The lowest BCUT2D eigenvalue weighted by molar-refractivity contribution is -0.0915. The average molecular weight is 491 g/mol. The van der Waals surface area contributed by atoms with Gasteiger partial charge in [-0.3, -0.25) is 9.63 Å². The first kappa shape index (κ1) is 26.1. The number of hydroxylamine groups is 2. The molecule has 0 spiro atoms. The minimum absolute atomic E-state index is 0.0910. The van der Waals surface area contributed by atoms with E-state index in [1.165, 1.54) is 25.6 Å². The Balaban J connectivity index is 1.65. The van der Waals surface area contributed by atoms with Gasteiger partial charge >= 0.3 is 6.09 Å². The smallest absolute Gasteiger partial charge is 0.410 e. The highest BCUT2D eigenvalue weighted by atomic mass is 19.1. The average Bonchev–Trinajstić information content (AvgIpc) is 2.83. The first-order chi connectivity index (χ1) is 16.7. The number of rotatable bonds is 8. The van der Waals surface area contributed by atoms with Crippen molar-refractivity contribution in [1.82, 2.24) is 19.9 Å². The molecule has 0 atom stereocenters. The van der Waals surface area contributed by atoms with E-state index in [0.29, 0.717) is 43.9 Å². The summed E-state index contributed by atoms with van der Waals surface area (Å²) in [5.41, 5.74) is 0.635. The van der Waals surface area contributed by atoms with Crippen LogP contribution in [0.1, 0.15) is 49.5 Å². The van der Waals surface area contributed by atoms with Gasteiger partial charge in [0.05, 0.1) is 18.8 Å². The molecule has 10 nitrogen and oxygen atoms in total. The molecule has 0 N–H and O–H groups in total. The van der Waals surface area contributed by atoms with E-state index in [4.69, 9.17) is 19.0 Å². The van der Waals surface area contributed by atoms with Crippen LogP contribution in [0.4, 0.5) is 9.18 Å². The van der Waals surface area contributed by atoms with Crippen molar-refractivity contribution in [2.24, 2.45) is 0 Å². The van der Waals surface area contributed by atoms with Gasteiger partial charge < -0.3 is 19.1 Å². The van der Waals surface area contributed by atoms with E-state index in [-0.39, 0.29) is 35.5 Å². The first-order valence-corrected chi connectivity index (χ1v) is 11.5. The van der Waals surface area contributed by atoms with Gasteiger partial charge in [-0.05, 0) is 45.9 Å². The molecule has 0 radical (unpaired) electrons. The van der Waals surface area contributed by atoms with E-state index in [1.807, 2.05) is 13.8 Å². The van der Waals surface area contributed by atoms with Gasteiger partial charge in [0.25, 0.3) is 5.91 Å². The molecule has 1 aliphatic heterocycles. The maximum Gasteiger partial charge on any atom is 0.410 e. The van der Waals surface area contributed by atoms with Crippen molar-refractivity contribution in [3.05, 3.63) is 41.5 Å². The molecule has 0 unspecified atom stereocenters. The van der Waals surface area contributed by atoms with Gasteiger partial charge in [-0.15, -0.1) is 0 Å². The highest BCUT2D eigenvalue weighted by Gasteiger charge is 2.26. The van der Waals surface area contributed by atoms with E-state index in [1.54, 1.807) is 18.7 Å². The number of halogens is 1. The zero-order valence-corrected chi connectivity index (χ0v) is 20.6. The summed E-state index contributed by atoms with van der Waals surface area (Å²) in [7, 11) is 1.37. The van der Waals surface area contributed by atoms with Crippen molar-refractivity contribution in [2.75, 3.05) is 26.7 Å². The summed E-state index contributed by atoms with van der Waals surface area (Å²) in [6.45, 7) is 8.43. The second-order valence-corrected chi connectivity index (χ2v) is 8.28. The van der Waals surface area contributed by atoms with Crippen LogP contribution in [0.3, 0.4) is 0 Å². The third-order valence-electron chi connectivity index (χ3n) is 5.43. The third-order valence-corrected chi connectivity index (χ3v) is 5.43. The summed E-state index contributed by atoms with van der Waals surface area (Å²) in [5.74, 6) is -0.809. The molecular weight excluding hydrogens is 459 g/mol. The Hall–Kier alpha value is -3.47. The quantitative estimate of drug-likeness (QED) is 0.509. The van der Waals surface area contributed by atoms with Crippen molar-refractivity contribution < 1.29 is 33.0 Å². The molecular formula is C24H31FN4O6. The molecule has 1 fully saturated rings. The first-order valence-electron chi connectivity index (χ1n) is 11.5. The van der Waals surface area contributed by atoms with Gasteiger partial charge in [0.15, 0.2) is 11.6 Å². The van der Waals surface area contributed by atoms with Crippen LogP contribution in [0, 0.1) is 12.7 Å². The lowest BCUT2D eigenvalue weighted by atomic mass is 10.1. The van der Waals surface area contributed by atoms with Gasteiger partial charge in [0.1, 0.15) is 12.4 Å². The van der Waals surface area contributed by atoms with E-state index >= 15 is 0 Å². The number of amides is 2. The summed E-state index contributed by atoms with van der Waals surface area (Å²) < 4.78 is 31.6. The molecule has 3 rings (SSSR count). The standard InChI is InChI=1S/C24H31FN4O6/c1-6-29(32-5)23(30)17-7-8-20(19(25)13-17)35-22-16(4)21(26-14-27-22)34-18-9-11-28(12-10-18)24(31)33-15(2)3/h7-8,13-15,18H,6,9-12H2,1-5H3. The fraction of sp³-hybridized carbons (Fsp3) is 0.500. The number of carbonyl (C=O) groups is 2. The number of piperidine rings is 1. The minimum Gasteiger partial charge on any atom is -0.474 e. The molecule has 35 heavy (non-hydrogen) atoms. The Bertz CT molecular complexity index is 1040. The molecule has 2 heterocycles. The summed E-state index contributed by atoms with van der Waals surface area (Å²) >= 11 is 0. The molecule has 11 heteroatoms. The van der Waals surface area contributed by atoms with Gasteiger partial charge in [-0.2, -0.15) is 0 Å². The van der Waals surface area contributed by atoms with Crippen molar-refractivity contribution in [2.45, 2.75) is 52.7 Å². The van der Waals surface area contributed by atoms with Crippen LogP contribution < -0.4 is 9.47 Å². The van der Waals surface area contributed by atoms with E-state index in [9.17, 15) is 14.0 Å². The van der Waals surface area contributed by atoms with Crippen molar-refractivity contribution >= 4 is 12.0 Å². The van der Waals surface area contributed by atoms with Crippen LogP contribution in [-0.4, -0.2) is 70.9 Å². The molecule has 2 amide bonds. The lowest BCUT2D eigenvalue weighted by Gasteiger charge is -2.31. The summed E-state index contributed by atoms with van der Waals surface area (Å²) in [6, 6.07) is 3.90. The number of likely N-dealkylation sites (tertiary alicyclic amines) is 1. The van der Waals surface area contributed by atoms with Crippen molar-refractivity contribution in [3.8, 4) is 17.5 Å². The monoisotopic (exact) mass is 490 g/mol. The molecule has 1 aliphatic rings. The fourth-order valence-corrected chi connectivity index (χ4v) is 3.55. The Morgan fingerprint density at radius 2 is 1.89 bits per heavy atom. The molecule has 0 aliphatic carbocycles. The minimum atomic E-state index is -0.718. The summed E-state index contributed by atoms with van der Waals surface area (Å²) in [5, 5.41) is 1.12. The second-order valence-electron chi connectivity index (χ2n) is 8.28. The maximum atomic E-state index is 14.7. The van der Waals surface area contributed by atoms with Crippen LogP contribution in [-0.2, 0) is 9.57 Å². The Morgan fingerprint density at radius 1 is 1.20 bits per heavy atom. The van der Waals surface area contributed by atoms with Crippen LogP contribution in [0.2, 0.25) is 0 Å². The third kappa shape index (κ3) is 6.56. The summed E-state index contributed by atoms with van der Waals surface area (Å²) in [6.07, 6.45) is 1.87. The number of hydrogen-bond donors (Lipinski definition) is 0. The largest absolute Gasteiger partial charge is 0.474 e. The van der Waals surface area contributed by atoms with Crippen LogP contribution in [0.25, 0.3) is 0 Å². The highest BCUT2D eigenvalue weighted by molar-refractivity contribution is 5.93. The van der Waals surface area contributed by atoms with Crippen LogP contribution in [0.5, 0.6) is 17.5 Å². The van der Waals surface area contributed by atoms with Gasteiger partial charge in [0, 0.05) is 38.0 Å². The number of nitrogens with zero attached hydrogens (tertiary/aromatic N) is 4. The number of benzene rings is 1. The summed E-state index contributed by atoms with van der Waals surface area (Å²) in [4.78, 5) is 39.3. The SMILES string of the molecule is CCN(OC)C(=O)c1ccc(Oc2ncnc(OC3CCN(C(=O)OC(C)C)CC3)c2C)c(F)c1. The number of carbonyl (C=O) groups excluding carboxylic acids is 2. The Morgan fingerprint density at radius 3 is 2.49 bits per heavy atom. The van der Waals surface area contributed by atoms with E-state index < -0.39 is 11.7 Å². The molecule has 1 saturated heterocycles. The molecule has 190 valence electrons. The zero-order chi connectivity index (χ0) is 25.5. The topological polar surface area (TPSA) is 103 Å². The predicted octanol–water partition coefficient (Wildman–Crippen LogP) is 4.13. The van der Waals surface area contributed by atoms with Gasteiger partial charge in [-0.1, -0.05) is 0 Å². The van der Waals surface area contributed by atoms with E-state index in [0.717, 1.165) is 11.1 Å². The van der Waals surface area contributed by atoms with E-state index in [2.05, 4.69) is 9.97 Å². The zero-order valence-electron chi connectivity index (χ0n) is 20.6. The Kier molecular flexibility index (Phi) is 8.80.